The van der Waals surface area contributed by atoms with E-state index in [-0.39, 0.29) is 5.60 Å². The van der Waals surface area contributed by atoms with Crippen LogP contribution in [0.1, 0.15) is 0 Å². The molecule has 2 aliphatic heterocycles. The van der Waals surface area contributed by atoms with Gasteiger partial charge < -0.3 is 14.5 Å². The van der Waals surface area contributed by atoms with Crippen LogP contribution in [0.25, 0.3) is 0 Å². The molecule has 11 heavy (non-hydrogen) atoms. The van der Waals surface area contributed by atoms with Crippen molar-refractivity contribution in [1.29, 1.82) is 0 Å². The van der Waals surface area contributed by atoms with Crippen LogP contribution < -0.4 is 5.32 Å². The Morgan fingerprint density at radius 3 is 2.45 bits per heavy atom. The second-order valence-corrected chi connectivity index (χ2v) is 4.45. The van der Waals surface area contributed by atoms with Gasteiger partial charge in [-0.25, -0.2) is 0 Å². The average Bonchev–Trinajstić information content (AvgIpc) is 1.82. The van der Waals surface area contributed by atoms with E-state index >= 15 is 0 Å². The number of hydrogen-bond donors (Lipinski definition) is 1. The van der Waals surface area contributed by atoms with Gasteiger partial charge >= 0.3 is 0 Å². The van der Waals surface area contributed by atoms with Gasteiger partial charge in [-0.3, -0.25) is 0 Å². The first-order valence-corrected chi connectivity index (χ1v) is 4.29. The largest absolute Gasteiger partial charge is 0.361 e. The lowest BCUT2D eigenvalue weighted by atomic mass is 9.94. The first-order chi connectivity index (χ1) is 5.12. The molecule has 0 aromatic rings. The Morgan fingerprint density at radius 2 is 2.09 bits per heavy atom. The lowest BCUT2D eigenvalue weighted by Crippen LogP contribution is -2.72. The number of ether oxygens (including phenoxy) is 1. The van der Waals surface area contributed by atoms with Crippen LogP contribution in [0.15, 0.2) is 0 Å². The Bertz CT molecular complexity index is 163. The molecule has 0 bridgehead atoms. The van der Waals surface area contributed by atoms with Crippen molar-refractivity contribution in [2.45, 2.75) is 5.60 Å². The molecule has 0 radical (unpaired) electrons. The zero-order chi connectivity index (χ0) is 7.95. The van der Waals surface area contributed by atoms with Crippen molar-refractivity contribution in [1.82, 2.24) is 5.32 Å². The number of morpholine rings is 1. The molecular formula is C8H17N2O+. The Morgan fingerprint density at radius 1 is 1.36 bits per heavy atom. The smallest absolute Gasteiger partial charge is 0.142 e. The molecule has 1 spiro atoms. The minimum atomic E-state index is 0.196. The van der Waals surface area contributed by atoms with Crippen LogP contribution >= 0.6 is 0 Å². The van der Waals surface area contributed by atoms with Gasteiger partial charge in [-0.15, -0.1) is 0 Å². The summed E-state index contributed by atoms with van der Waals surface area (Å²) in [4.78, 5) is 0. The number of rotatable bonds is 0. The highest BCUT2D eigenvalue weighted by atomic mass is 16.5. The summed E-state index contributed by atoms with van der Waals surface area (Å²) in [6.07, 6.45) is 0. The monoisotopic (exact) mass is 157 g/mol. The Hall–Kier alpha value is -0.120. The van der Waals surface area contributed by atoms with E-state index in [4.69, 9.17) is 4.74 Å². The minimum Gasteiger partial charge on any atom is -0.361 e. The summed E-state index contributed by atoms with van der Waals surface area (Å²) < 4.78 is 6.87. The van der Waals surface area contributed by atoms with Gasteiger partial charge in [0.15, 0.2) is 0 Å². The molecule has 0 amide bonds. The standard InChI is InChI=1S/C8H17N2O/c1-10(2)3-4-11-8(7-10)5-9-6-8/h9H,3-7H2,1-2H3/q+1. The normalized spacial score (nSPS) is 33.3. The van der Waals surface area contributed by atoms with Crippen molar-refractivity contribution in [3.05, 3.63) is 0 Å². The predicted molar refractivity (Wildman–Crippen MR) is 43.4 cm³/mol. The highest BCUT2D eigenvalue weighted by Crippen LogP contribution is 2.24. The van der Waals surface area contributed by atoms with E-state index in [1.165, 1.54) is 6.54 Å². The molecule has 2 saturated heterocycles. The molecule has 3 heteroatoms. The number of nitrogens with zero attached hydrogens (tertiary/aromatic N) is 1. The second-order valence-electron chi connectivity index (χ2n) is 4.45. The van der Waals surface area contributed by atoms with Crippen LogP contribution in [0.4, 0.5) is 0 Å². The summed E-state index contributed by atoms with van der Waals surface area (Å²) >= 11 is 0. The molecule has 0 aromatic carbocycles. The van der Waals surface area contributed by atoms with E-state index in [1.54, 1.807) is 0 Å². The first-order valence-electron chi connectivity index (χ1n) is 4.29. The van der Waals surface area contributed by atoms with E-state index < -0.39 is 0 Å². The summed E-state index contributed by atoms with van der Waals surface area (Å²) in [5, 5.41) is 3.27. The molecule has 0 unspecified atom stereocenters. The third-order valence-electron chi connectivity index (χ3n) is 2.72. The van der Waals surface area contributed by atoms with Crippen molar-refractivity contribution in [2.24, 2.45) is 0 Å². The van der Waals surface area contributed by atoms with Gasteiger partial charge in [0.2, 0.25) is 0 Å². The van der Waals surface area contributed by atoms with Gasteiger partial charge in [0.05, 0.1) is 20.7 Å². The van der Waals surface area contributed by atoms with E-state index in [0.29, 0.717) is 0 Å². The zero-order valence-corrected chi connectivity index (χ0v) is 7.39. The topological polar surface area (TPSA) is 21.3 Å². The lowest BCUT2D eigenvalue weighted by Gasteiger charge is -2.50. The highest BCUT2D eigenvalue weighted by molar-refractivity contribution is 4.95. The van der Waals surface area contributed by atoms with Gasteiger partial charge in [-0.2, -0.15) is 0 Å². The van der Waals surface area contributed by atoms with Crippen molar-refractivity contribution >= 4 is 0 Å². The van der Waals surface area contributed by atoms with Crippen LogP contribution in [-0.4, -0.2) is 57.0 Å². The molecule has 2 rings (SSSR count). The third kappa shape index (κ3) is 1.28. The van der Waals surface area contributed by atoms with E-state index in [0.717, 1.165) is 30.7 Å². The van der Waals surface area contributed by atoms with Crippen molar-refractivity contribution in [3.8, 4) is 0 Å². The maximum Gasteiger partial charge on any atom is 0.142 e. The summed E-state index contributed by atoms with van der Waals surface area (Å²) in [5.41, 5.74) is 0.196. The summed E-state index contributed by atoms with van der Waals surface area (Å²) in [5.74, 6) is 0. The van der Waals surface area contributed by atoms with E-state index in [2.05, 4.69) is 19.4 Å². The number of likely N-dealkylation sites (N-methyl/N-ethyl adjacent to an activating group) is 1. The molecule has 0 saturated carbocycles. The van der Waals surface area contributed by atoms with Gasteiger partial charge in [0, 0.05) is 13.1 Å². The molecule has 1 N–H and O–H groups in total. The maximum absolute atomic E-state index is 5.76. The van der Waals surface area contributed by atoms with E-state index in [9.17, 15) is 0 Å². The molecule has 3 nitrogen and oxygen atoms in total. The van der Waals surface area contributed by atoms with Crippen LogP contribution in [-0.2, 0) is 4.74 Å². The third-order valence-corrected chi connectivity index (χ3v) is 2.72. The van der Waals surface area contributed by atoms with Crippen molar-refractivity contribution in [3.63, 3.8) is 0 Å². The molecule has 0 aromatic heterocycles. The van der Waals surface area contributed by atoms with Crippen LogP contribution in [0, 0.1) is 0 Å². The van der Waals surface area contributed by atoms with E-state index in [1.807, 2.05) is 0 Å². The molecular weight excluding hydrogens is 140 g/mol. The van der Waals surface area contributed by atoms with Gasteiger partial charge in [0.25, 0.3) is 0 Å². The summed E-state index contributed by atoms with van der Waals surface area (Å²) in [6.45, 7) is 5.35. The fourth-order valence-corrected chi connectivity index (χ4v) is 2.03. The van der Waals surface area contributed by atoms with Crippen molar-refractivity contribution < 1.29 is 9.22 Å². The summed E-state index contributed by atoms with van der Waals surface area (Å²) in [7, 11) is 4.56. The number of hydrogen-bond acceptors (Lipinski definition) is 2. The molecule has 2 heterocycles. The molecule has 0 aliphatic carbocycles. The molecule has 2 aliphatic rings. The van der Waals surface area contributed by atoms with Crippen LogP contribution in [0.2, 0.25) is 0 Å². The van der Waals surface area contributed by atoms with Crippen LogP contribution in [0.5, 0.6) is 0 Å². The van der Waals surface area contributed by atoms with Crippen LogP contribution in [0.3, 0.4) is 0 Å². The Balaban J connectivity index is 2.03. The van der Waals surface area contributed by atoms with Gasteiger partial charge in [-0.05, 0) is 0 Å². The second kappa shape index (κ2) is 2.19. The number of nitrogens with one attached hydrogen (secondary N) is 1. The fraction of sp³-hybridized carbons (Fsp3) is 1.00. The Kier molecular flexibility index (Phi) is 1.50. The molecule has 64 valence electrons. The highest BCUT2D eigenvalue weighted by Gasteiger charge is 2.46. The van der Waals surface area contributed by atoms with Crippen molar-refractivity contribution in [2.75, 3.05) is 46.9 Å². The molecule has 2 fully saturated rings. The molecule has 0 atom stereocenters. The SMILES string of the molecule is C[N+]1(C)CCOC2(CNC2)C1. The fourth-order valence-electron chi connectivity index (χ4n) is 2.03. The lowest BCUT2D eigenvalue weighted by molar-refractivity contribution is -0.906. The quantitative estimate of drug-likeness (QED) is 0.476. The van der Waals surface area contributed by atoms with Gasteiger partial charge in [0.1, 0.15) is 18.7 Å². The number of quaternary nitrogens is 1. The average molecular weight is 157 g/mol. The maximum atomic E-state index is 5.76. The minimum absolute atomic E-state index is 0.196. The first kappa shape index (κ1) is 7.53. The summed E-state index contributed by atoms with van der Waals surface area (Å²) in [6, 6.07) is 0. The Labute approximate surface area is 67.9 Å². The van der Waals surface area contributed by atoms with Gasteiger partial charge in [-0.1, -0.05) is 0 Å². The predicted octanol–water partition coefficient (Wildman–Crippen LogP) is -0.565. The zero-order valence-electron chi connectivity index (χ0n) is 7.39.